The Hall–Kier alpha value is -0.920. The molecular weight excluding hydrogens is 232 g/mol. The number of nitrogens with zero attached hydrogens (tertiary/aromatic N) is 2. The van der Waals surface area contributed by atoms with E-state index in [0.29, 0.717) is 10.3 Å². The molecule has 0 amide bonds. The molecule has 3 nitrogen and oxygen atoms in total. The van der Waals surface area contributed by atoms with Gasteiger partial charge in [0.2, 0.25) is 0 Å². The summed E-state index contributed by atoms with van der Waals surface area (Å²) in [5.41, 5.74) is -0.445. The number of hydrogen-bond acceptors (Lipinski definition) is 3. The van der Waals surface area contributed by atoms with Crippen LogP contribution in [0.2, 0.25) is 0 Å². The minimum atomic E-state index is -0.991. The van der Waals surface area contributed by atoms with Crippen LogP contribution in [0.5, 0.6) is 0 Å². The van der Waals surface area contributed by atoms with Gasteiger partial charge >= 0.3 is 0 Å². The second-order valence-electron chi connectivity index (χ2n) is 3.03. The molecule has 1 rings (SSSR count). The van der Waals surface area contributed by atoms with E-state index in [0.717, 1.165) is 0 Å². The number of halogens is 1. The van der Waals surface area contributed by atoms with Gasteiger partial charge in [0.15, 0.2) is 0 Å². The summed E-state index contributed by atoms with van der Waals surface area (Å²) in [7, 11) is 0. The highest BCUT2D eigenvalue weighted by molar-refractivity contribution is 9.10. The molecule has 0 saturated heterocycles. The first-order valence-corrected chi connectivity index (χ1v) is 4.50. The van der Waals surface area contributed by atoms with Crippen LogP contribution in [0.3, 0.4) is 0 Å². The molecule has 0 saturated carbocycles. The van der Waals surface area contributed by atoms with Gasteiger partial charge in [-0.15, -0.1) is 0 Å². The maximum absolute atomic E-state index is 9.30. The Kier molecular flexibility index (Phi) is 3.02. The summed E-state index contributed by atoms with van der Waals surface area (Å²) in [6, 6.07) is 0. The number of aliphatic hydroxyl groups is 1. The molecule has 0 unspecified atom stereocenters. The average molecular weight is 241 g/mol. The summed E-state index contributed by atoms with van der Waals surface area (Å²) in [5.74, 6) is 5.36. The molecule has 0 spiro atoms. The zero-order chi connectivity index (χ0) is 9.90. The number of hydrogen-bond donors (Lipinski definition) is 1. The van der Waals surface area contributed by atoms with E-state index in [-0.39, 0.29) is 0 Å². The van der Waals surface area contributed by atoms with Crippen LogP contribution < -0.4 is 0 Å². The van der Waals surface area contributed by atoms with Crippen LogP contribution in [-0.4, -0.2) is 20.7 Å². The Balaban J connectivity index is 2.85. The van der Waals surface area contributed by atoms with Crippen molar-refractivity contribution in [2.75, 3.05) is 0 Å². The van der Waals surface area contributed by atoms with Crippen LogP contribution in [0, 0.1) is 11.8 Å². The van der Waals surface area contributed by atoms with E-state index in [4.69, 9.17) is 0 Å². The van der Waals surface area contributed by atoms with Gasteiger partial charge in [0.1, 0.15) is 15.9 Å². The summed E-state index contributed by atoms with van der Waals surface area (Å²) in [4.78, 5) is 7.94. The quantitative estimate of drug-likeness (QED) is 0.697. The van der Waals surface area contributed by atoms with Gasteiger partial charge < -0.3 is 5.11 Å². The average Bonchev–Trinajstić information content (AvgIpc) is 2.02. The lowest BCUT2D eigenvalue weighted by Crippen LogP contribution is -2.14. The summed E-state index contributed by atoms with van der Waals surface area (Å²) in [6.07, 6.45) is 3.11. The maximum Gasteiger partial charge on any atom is 0.131 e. The lowest BCUT2D eigenvalue weighted by molar-refractivity contribution is 0.143. The lowest BCUT2D eigenvalue weighted by Gasteiger charge is -2.05. The first-order valence-electron chi connectivity index (χ1n) is 3.70. The second kappa shape index (κ2) is 3.86. The molecule has 0 aliphatic heterocycles. The van der Waals surface area contributed by atoms with Gasteiger partial charge in [0.05, 0.1) is 12.4 Å². The SMILES string of the molecule is CC(C)(O)C#Cc1cnc(Br)cn1. The predicted molar refractivity (Wildman–Crippen MR) is 52.9 cm³/mol. The molecule has 0 aromatic carbocycles. The van der Waals surface area contributed by atoms with E-state index >= 15 is 0 Å². The minimum absolute atomic E-state index is 0.547. The van der Waals surface area contributed by atoms with Crippen molar-refractivity contribution in [3.05, 3.63) is 22.7 Å². The van der Waals surface area contributed by atoms with Gasteiger partial charge in [-0.25, -0.2) is 9.97 Å². The molecule has 4 heteroatoms. The van der Waals surface area contributed by atoms with Crippen LogP contribution >= 0.6 is 15.9 Å². The van der Waals surface area contributed by atoms with Crippen molar-refractivity contribution in [2.45, 2.75) is 19.4 Å². The molecule has 13 heavy (non-hydrogen) atoms. The zero-order valence-corrected chi connectivity index (χ0v) is 8.96. The molecule has 1 N–H and O–H groups in total. The number of rotatable bonds is 0. The van der Waals surface area contributed by atoms with Crippen LogP contribution in [0.25, 0.3) is 0 Å². The van der Waals surface area contributed by atoms with Crippen molar-refractivity contribution in [2.24, 2.45) is 0 Å². The fourth-order valence-corrected chi connectivity index (χ4v) is 0.799. The van der Waals surface area contributed by atoms with E-state index in [1.54, 1.807) is 26.2 Å². The fraction of sp³-hybridized carbons (Fsp3) is 0.333. The molecule has 0 radical (unpaired) electrons. The molecular formula is C9H9BrN2O. The first kappa shape index (κ1) is 10.2. The van der Waals surface area contributed by atoms with Crippen LogP contribution in [0.4, 0.5) is 0 Å². The third-order valence-corrected chi connectivity index (χ3v) is 1.53. The Bertz CT molecular complexity index is 343. The molecule has 0 aliphatic rings. The van der Waals surface area contributed by atoms with Gasteiger partial charge in [-0.1, -0.05) is 5.92 Å². The highest BCUT2D eigenvalue weighted by Crippen LogP contribution is 2.02. The Morgan fingerprint density at radius 3 is 2.54 bits per heavy atom. The van der Waals surface area contributed by atoms with Crippen LogP contribution in [-0.2, 0) is 0 Å². The van der Waals surface area contributed by atoms with E-state index < -0.39 is 5.60 Å². The topological polar surface area (TPSA) is 46.0 Å². The smallest absolute Gasteiger partial charge is 0.131 e. The van der Waals surface area contributed by atoms with Gasteiger partial charge in [0.25, 0.3) is 0 Å². The molecule has 1 aromatic heterocycles. The maximum atomic E-state index is 9.30. The summed E-state index contributed by atoms with van der Waals surface area (Å²) in [5, 5.41) is 9.30. The second-order valence-corrected chi connectivity index (χ2v) is 3.85. The predicted octanol–water partition coefficient (Wildman–Crippen LogP) is 1.36. The van der Waals surface area contributed by atoms with Crippen molar-refractivity contribution < 1.29 is 5.11 Å². The molecule has 0 fully saturated rings. The normalized spacial score (nSPS) is 10.5. The minimum Gasteiger partial charge on any atom is -0.378 e. The molecule has 0 aliphatic carbocycles. The Morgan fingerprint density at radius 2 is 2.08 bits per heavy atom. The molecule has 0 bridgehead atoms. The lowest BCUT2D eigenvalue weighted by atomic mass is 10.1. The monoisotopic (exact) mass is 240 g/mol. The van der Waals surface area contributed by atoms with Gasteiger partial charge in [-0.3, -0.25) is 0 Å². The van der Waals surface area contributed by atoms with Crippen LogP contribution in [0.15, 0.2) is 17.0 Å². The molecule has 68 valence electrons. The van der Waals surface area contributed by atoms with Crippen molar-refractivity contribution in [1.29, 1.82) is 0 Å². The summed E-state index contributed by atoms with van der Waals surface area (Å²) < 4.78 is 0.668. The zero-order valence-electron chi connectivity index (χ0n) is 7.37. The first-order chi connectivity index (χ1) is 5.97. The van der Waals surface area contributed by atoms with Crippen molar-refractivity contribution in [3.63, 3.8) is 0 Å². The van der Waals surface area contributed by atoms with Crippen LogP contribution in [0.1, 0.15) is 19.5 Å². The van der Waals surface area contributed by atoms with Gasteiger partial charge in [-0.05, 0) is 35.7 Å². The molecule has 1 heterocycles. The number of aromatic nitrogens is 2. The fourth-order valence-electron chi connectivity index (χ4n) is 0.594. The highest BCUT2D eigenvalue weighted by atomic mass is 79.9. The third-order valence-electron chi connectivity index (χ3n) is 1.12. The van der Waals surface area contributed by atoms with Gasteiger partial charge in [-0.2, -0.15) is 0 Å². The third kappa shape index (κ3) is 4.02. The van der Waals surface area contributed by atoms with E-state index in [9.17, 15) is 5.11 Å². The summed E-state index contributed by atoms with van der Waals surface area (Å²) >= 11 is 3.16. The largest absolute Gasteiger partial charge is 0.378 e. The van der Waals surface area contributed by atoms with Crippen molar-refractivity contribution >= 4 is 15.9 Å². The Morgan fingerprint density at radius 1 is 1.38 bits per heavy atom. The molecule has 1 aromatic rings. The van der Waals surface area contributed by atoms with E-state index in [2.05, 4.69) is 37.7 Å². The van der Waals surface area contributed by atoms with Gasteiger partial charge in [0, 0.05) is 0 Å². The van der Waals surface area contributed by atoms with Crippen molar-refractivity contribution in [3.8, 4) is 11.8 Å². The van der Waals surface area contributed by atoms with E-state index in [1.807, 2.05) is 0 Å². The van der Waals surface area contributed by atoms with E-state index in [1.165, 1.54) is 0 Å². The Labute approximate surface area is 85.4 Å². The standard InChI is InChI=1S/C9H9BrN2O/c1-9(2,13)4-3-7-5-12-8(10)6-11-7/h5-6,13H,1-2H3. The molecule has 0 atom stereocenters. The summed E-state index contributed by atoms with van der Waals surface area (Å²) in [6.45, 7) is 3.23. The van der Waals surface area contributed by atoms with Crippen molar-refractivity contribution in [1.82, 2.24) is 9.97 Å². The highest BCUT2D eigenvalue weighted by Gasteiger charge is 2.05.